The van der Waals surface area contributed by atoms with Crippen LogP contribution >= 0.6 is 0 Å². The number of benzene rings is 8. The van der Waals surface area contributed by atoms with Crippen LogP contribution in [0.25, 0.3) is 0 Å². The highest BCUT2D eigenvalue weighted by Gasteiger charge is 2.65. The molecule has 2 fully saturated rings. The Bertz CT molecular complexity index is 3270. The molecule has 83 heavy (non-hydrogen) atoms. The van der Waals surface area contributed by atoms with Crippen molar-refractivity contribution in [3.8, 4) is 0 Å². The molecule has 8 aromatic carbocycles. The molecule has 10 rings (SSSR count). The van der Waals surface area contributed by atoms with Crippen LogP contribution in [0.3, 0.4) is 0 Å². The Kier molecular flexibility index (Phi) is 20.0. The molecular weight excluding hydrogens is 1060 g/mol. The van der Waals surface area contributed by atoms with Crippen LogP contribution in [0, 0.1) is 0 Å². The zero-order valence-corrected chi connectivity index (χ0v) is 45.3. The van der Waals surface area contributed by atoms with Crippen LogP contribution < -0.4 is 0 Å². The topological polar surface area (TPSA) is 170 Å². The minimum atomic E-state index is -2.49. The van der Waals surface area contributed by atoms with Gasteiger partial charge in [-0.2, -0.15) is 0 Å². The van der Waals surface area contributed by atoms with E-state index in [4.69, 9.17) is 52.1 Å². The first-order valence-electron chi connectivity index (χ1n) is 27.3. The second kappa shape index (κ2) is 28.9. The van der Waals surface area contributed by atoms with Crippen LogP contribution in [0.2, 0.25) is 0 Å². The maximum atomic E-state index is 14.7. The quantitative estimate of drug-likeness (QED) is 0.0391. The van der Waals surface area contributed by atoms with Gasteiger partial charge < -0.3 is 52.1 Å². The van der Waals surface area contributed by atoms with Gasteiger partial charge in [-0.05, 0) is 70.8 Å². The minimum Gasteiger partial charge on any atom is -0.459 e. The van der Waals surface area contributed by atoms with Crippen molar-refractivity contribution in [2.45, 2.75) is 81.2 Å². The summed E-state index contributed by atoms with van der Waals surface area (Å²) >= 11 is 0. The fraction of sp³-hybridized carbons (Fsp3) is 0.235. The summed E-state index contributed by atoms with van der Waals surface area (Å²) in [5.41, 5.74) is 4.02. The molecule has 0 radical (unpaired) electrons. The fourth-order valence-electron chi connectivity index (χ4n) is 9.71. The van der Waals surface area contributed by atoms with Crippen molar-refractivity contribution in [1.29, 1.82) is 0 Å². The monoisotopic (exact) mass is 1120 g/mol. The lowest BCUT2D eigenvalue weighted by molar-refractivity contribution is -0.393. The van der Waals surface area contributed by atoms with Crippen molar-refractivity contribution < 1.29 is 71.3 Å². The van der Waals surface area contributed by atoms with E-state index >= 15 is 0 Å². The largest absolute Gasteiger partial charge is 0.459 e. The van der Waals surface area contributed by atoms with Crippen molar-refractivity contribution in [3.05, 3.63) is 287 Å². The standard InChI is InChI=1S/C68H62O15/c69-63(52-33-17-5-18-34-52)77-46-57-59(80-65(71)54-37-21-7-22-38-54)62(81-66(72)55-39-23-8-24-40-55)68(82-57,47-78-64(70)53-35-19-6-20-36-53)83-67-61(76-44-51-31-15-4-16-32-51)60(75-43-50-29-13-3-14-30-50)58(74-42-49-27-11-2-12-28-49)56(79-67)45-73-41-48-25-9-1-10-26-48/h1-40,56-62,67H,41-47H2/t56-,57-,58-,59-,60+,61+,62+,67-,68-/m1/s1. The van der Waals surface area contributed by atoms with Gasteiger partial charge in [0, 0.05) is 0 Å². The van der Waals surface area contributed by atoms with Gasteiger partial charge in [-0.3, -0.25) is 0 Å². The smallest absolute Gasteiger partial charge is 0.338 e. The van der Waals surface area contributed by atoms with Gasteiger partial charge in [0.25, 0.3) is 0 Å². The summed E-state index contributed by atoms with van der Waals surface area (Å²) in [5.74, 6) is -5.78. The van der Waals surface area contributed by atoms with E-state index in [1.165, 1.54) is 0 Å². The van der Waals surface area contributed by atoms with Gasteiger partial charge in [0.05, 0.1) is 55.3 Å². The summed E-state index contributed by atoms with van der Waals surface area (Å²) in [4.78, 5) is 57.3. The molecule has 8 aromatic rings. The number of carbonyl (C=O) groups is 4. The minimum absolute atomic E-state index is 0.000842. The zero-order valence-electron chi connectivity index (χ0n) is 45.3. The third-order valence-corrected chi connectivity index (χ3v) is 13.9. The predicted molar refractivity (Wildman–Crippen MR) is 303 cm³/mol. The van der Waals surface area contributed by atoms with Crippen LogP contribution in [0.15, 0.2) is 243 Å². The Labute approximate surface area is 481 Å². The first kappa shape index (κ1) is 57.6. The molecule has 15 nitrogen and oxygen atoms in total. The Morgan fingerprint density at radius 1 is 0.361 bits per heavy atom. The first-order chi connectivity index (χ1) is 40.8. The molecule has 0 spiro atoms. The summed E-state index contributed by atoms with van der Waals surface area (Å²) < 4.78 is 74.1. The van der Waals surface area contributed by atoms with Crippen molar-refractivity contribution in [2.75, 3.05) is 19.8 Å². The third-order valence-electron chi connectivity index (χ3n) is 13.9. The Morgan fingerprint density at radius 3 is 1.19 bits per heavy atom. The number of hydrogen-bond donors (Lipinski definition) is 0. The van der Waals surface area contributed by atoms with Gasteiger partial charge in [-0.1, -0.05) is 194 Å². The Hall–Kier alpha value is -8.64. The first-order valence-corrected chi connectivity index (χ1v) is 27.3. The van der Waals surface area contributed by atoms with E-state index in [0.717, 1.165) is 22.3 Å². The summed E-state index contributed by atoms with van der Waals surface area (Å²) in [6.45, 7) is -1.11. The number of rotatable bonds is 25. The van der Waals surface area contributed by atoms with Crippen LogP contribution in [0.1, 0.15) is 63.7 Å². The van der Waals surface area contributed by atoms with Crippen molar-refractivity contribution in [3.63, 3.8) is 0 Å². The second-order valence-electron chi connectivity index (χ2n) is 19.7. The molecular formula is C68H62O15. The highest BCUT2D eigenvalue weighted by Crippen LogP contribution is 2.43. The van der Waals surface area contributed by atoms with Gasteiger partial charge in [-0.25, -0.2) is 19.2 Å². The summed E-state index contributed by atoms with van der Waals surface area (Å²) in [7, 11) is 0. The number of ether oxygens (including phenoxy) is 11. The molecule has 2 aliphatic rings. The second-order valence-corrected chi connectivity index (χ2v) is 19.7. The average Bonchev–Trinajstić information content (AvgIpc) is 4.11. The molecule has 2 saturated heterocycles. The maximum absolute atomic E-state index is 14.7. The van der Waals surface area contributed by atoms with E-state index in [9.17, 15) is 19.2 Å². The highest BCUT2D eigenvalue weighted by atomic mass is 16.8. The van der Waals surface area contributed by atoms with Gasteiger partial charge in [0.1, 0.15) is 43.7 Å². The van der Waals surface area contributed by atoms with Gasteiger partial charge >= 0.3 is 23.9 Å². The number of carbonyl (C=O) groups excluding carboxylic acids is 4. The van der Waals surface area contributed by atoms with Crippen molar-refractivity contribution in [1.82, 2.24) is 0 Å². The van der Waals surface area contributed by atoms with Crippen molar-refractivity contribution in [2.24, 2.45) is 0 Å². The summed E-state index contributed by atoms with van der Waals surface area (Å²) in [6.07, 6.45) is -10.8. The van der Waals surface area contributed by atoms with E-state index in [0.29, 0.717) is 0 Å². The zero-order chi connectivity index (χ0) is 57.1. The molecule has 0 unspecified atom stereocenters. The molecule has 424 valence electrons. The lowest BCUT2D eigenvalue weighted by Gasteiger charge is -2.48. The molecule has 0 saturated carbocycles. The van der Waals surface area contributed by atoms with Crippen LogP contribution in [-0.4, -0.2) is 98.5 Å². The average molecular weight is 1120 g/mol. The van der Waals surface area contributed by atoms with Gasteiger partial charge in [-0.15, -0.1) is 0 Å². The molecule has 0 N–H and O–H groups in total. The predicted octanol–water partition coefficient (Wildman–Crippen LogP) is 11.0. The highest BCUT2D eigenvalue weighted by molar-refractivity contribution is 5.91. The van der Waals surface area contributed by atoms with E-state index in [-0.39, 0.29) is 55.3 Å². The van der Waals surface area contributed by atoms with Crippen molar-refractivity contribution >= 4 is 23.9 Å². The Morgan fingerprint density at radius 2 is 0.735 bits per heavy atom. The Balaban J connectivity index is 1.11. The van der Waals surface area contributed by atoms with Crippen LogP contribution in [0.5, 0.6) is 0 Å². The molecule has 2 heterocycles. The van der Waals surface area contributed by atoms with E-state index in [1.807, 2.05) is 121 Å². The molecule has 2 aliphatic heterocycles. The number of esters is 4. The molecule has 0 aromatic heterocycles. The van der Waals surface area contributed by atoms with Crippen LogP contribution in [0.4, 0.5) is 0 Å². The van der Waals surface area contributed by atoms with Gasteiger partial charge in [0.15, 0.2) is 18.5 Å². The normalized spacial score (nSPS) is 22.0. The molecule has 0 bridgehead atoms. The molecule has 9 atom stereocenters. The molecule has 15 heteroatoms. The summed E-state index contributed by atoms with van der Waals surface area (Å²) in [5, 5.41) is 0. The van der Waals surface area contributed by atoms with E-state index < -0.39 is 91.9 Å². The fourth-order valence-corrected chi connectivity index (χ4v) is 9.71. The van der Waals surface area contributed by atoms with Gasteiger partial charge in [0.2, 0.25) is 5.79 Å². The van der Waals surface area contributed by atoms with E-state index in [2.05, 4.69) is 0 Å². The van der Waals surface area contributed by atoms with E-state index in [1.54, 1.807) is 121 Å². The van der Waals surface area contributed by atoms with Crippen LogP contribution in [-0.2, 0) is 78.5 Å². The number of hydrogen-bond acceptors (Lipinski definition) is 15. The molecule has 0 amide bonds. The maximum Gasteiger partial charge on any atom is 0.338 e. The lowest BCUT2D eigenvalue weighted by atomic mass is 9.97. The lowest BCUT2D eigenvalue weighted by Crippen LogP contribution is -2.65. The third kappa shape index (κ3) is 15.5. The SMILES string of the molecule is O=C(OC[C@H]1O[C@](COC(=O)c2ccccc2)(O[C@H]2O[C@H](COCc3ccccc3)[C@@H](OCc3ccccc3)[C@H](OCc3ccccc3)[C@@H]2OCc2ccccc2)[C@@H](OC(=O)c2ccccc2)[C@@H]1OC(=O)c1ccccc1)c1ccccc1. The summed E-state index contributed by atoms with van der Waals surface area (Å²) in [6, 6.07) is 71.1. The molecule has 0 aliphatic carbocycles.